The minimum absolute atomic E-state index is 0.571. The van der Waals surface area contributed by atoms with Crippen LogP contribution in [0.3, 0.4) is 0 Å². The SMILES string of the molecule is c1ccc(-c2ccc(-c3nc(-c4ccc(-c5ccccc5)cc4)nc(-c4ccccc4-n4c5ccccc5c5ccc6c7ccc8c9ccccc9n(-c9ccccc9)c8c7oc6c54)n3)cc2)cc1.c1ccc(-c2ccc(-n3c4ccccc4c4ccc5c6ccc7c8ccccc8n(-c8cccc(-c9nc(-c%10ccccc%10-c%10ccccc%10)nc(-c%10ccccc%10-c%10ccccc%10)n9)c8)c7c6oc5c43)cc2)cc1. The Balaban J connectivity index is 0.000000141. The largest absolute Gasteiger partial charge is 0.452 e. The summed E-state index contributed by atoms with van der Waals surface area (Å²) in [5.41, 5.74) is 32.4. The number of rotatable bonds is 15. The molecule has 29 rings (SSSR count). The second-order valence-corrected chi connectivity index (χ2v) is 36.6. The Morgan fingerprint density at radius 2 is 0.382 bits per heavy atom. The van der Waals surface area contributed by atoms with Crippen molar-refractivity contribution in [1.82, 2.24) is 48.2 Å². The Hall–Kier alpha value is -19.6. The van der Waals surface area contributed by atoms with Gasteiger partial charge in [0.25, 0.3) is 0 Å². The van der Waals surface area contributed by atoms with E-state index >= 15 is 0 Å². The summed E-state index contributed by atoms with van der Waals surface area (Å²) in [6.07, 6.45) is 0. The van der Waals surface area contributed by atoms with E-state index in [9.17, 15) is 0 Å². The molecule has 0 amide bonds. The molecule has 0 saturated carbocycles. The molecule has 12 nitrogen and oxygen atoms in total. The van der Waals surface area contributed by atoms with Gasteiger partial charge in [-0.2, -0.15) is 0 Å². The molecule has 0 N–H and O–H groups in total. The van der Waals surface area contributed by atoms with Crippen LogP contribution in [0.5, 0.6) is 0 Å². The van der Waals surface area contributed by atoms with Crippen molar-refractivity contribution in [1.29, 1.82) is 0 Å². The third kappa shape index (κ3) is 13.8. The van der Waals surface area contributed by atoms with Gasteiger partial charge in [-0.05, 0) is 153 Å². The van der Waals surface area contributed by atoms with Crippen molar-refractivity contribution >= 4 is 131 Å². The third-order valence-corrected chi connectivity index (χ3v) is 28.4. The zero-order valence-corrected chi connectivity index (χ0v) is 77.6. The van der Waals surface area contributed by atoms with Crippen molar-refractivity contribution in [3.63, 3.8) is 0 Å². The number of benzene rings is 21. The van der Waals surface area contributed by atoms with Gasteiger partial charge in [0.15, 0.2) is 57.3 Å². The van der Waals surface area contributed by atoms with Gasteiger partial charge in [0.1, 0.15) is 0 Å². The molecule has 0 fully saturated rings. The van der Waals surface area contributed by atoms with Crippen LogP contribution in [0, 0.1) is 0 Å². The summed E-state index contributed by atoms with van der Waals surface area (Å²) >= 11 is 0. The van der Waals surface area contributed by atoms with E-state index in [2.05, 4.69) is 491 Å². The predicted molar refractivity (Wildman–Crippen MR) is 591 cm³/mol. The normalized spacial score (nSPS) is 11.8. The van der Waals surface area contributed by atoms with Crippen LogP contribution in [0.2, 0.25) is 0 Å². The van der Waals surface area contributed by atoms with E-state index in [0.29, 0.717) is 34.9 Å². The summed E-state index contributed by atoms with van der Waals surface area (Å²) in [6, 6.07) is 175. The number of para-hydroxylation sites is 6. The van der Waals surface area contributed by atoms with Gasteiger partial charge in [0.05, 0.1) is 49.8 Å². The monoisotopic (exact) mass is 1840 g/mol. The molecule has 29 aromatic rings. The first-order chi connectivity index (χ1) is 71.4. The molecule has 0 unspecified atom stereocenters. The minimum atomic E-state index is 0.571. The second kappa shape index (κ2) is 34.3. The van der Waals surface area contributed by atoms with E-state index in [0.717, 1.165) is 221 Å². The van der Waals surface area contributed by atoms with Crippen molar-refractivity contribution in [3.8, 4) is 147 Å². The molecule has 12 heteroatoms. The van der Waals surface area contributed by atoms with Gasteiger partial charge in [-0.25, -0.2) is 29.9 Å². The molecule has 0 radical (unpaired) electrons. The maximum absolute atomic E-state index is 7.42. The fourth-order valence-electron chi connectivity index (χ4n) is 21.8. The minimum Gasteiger partial charge on any atom is -0.452 e. The number of nitrogens with zero attached hydrogens (tertiary/aromatic N) is 10. The average molecular weight is 1840 g/mol. The molecule has 672 valence electrons. The Labute approximate surface area is 826 Å². The molecular weight excluding hydrogens is 1760 g/mol. The van der Waals surface area contributed by atoms with Crippen LogP contribution in [0.1, 0.15) is 0 Å². The lowest BCUT2D eigenvalue weighted by Gasteiger charge is -2.15. The van der Waals surface area contributed by atoms with E-state index in [1.165, 1.54) is 21.9 Å². The highest BCUT2D eigenvalue weighted by Gasteiger charge is 2.30. The van der Waals surface area contributed by atoms with Gasteiger partial charge in [-0.1, -0.05) is 400 Å². The maximum atomic E-state index is 7.42. The van der Waals surface area contributed by atoms with Gasteiger partial charge in [-0.15, -0.1) is 0 Å². The molecule has 0 aliphatic heterocycles. The van der Waals surface area contributed by atoms with Crippen LogP contribution in [0.4, 0.5) is 0 Å². The molecule has 0 saturated heterocycles. The molecule has 144 heavy (non-hydrogen) atoms. The summed E-state index contributed by atoms with van der Waals surface area (Å²) < 4.78 is 24.2. The third-order valence-electron chi connectivity index (χ3n) is 28.4. The van der Waals surface area contributed by atoms with Crippen LogP contribution in [-0.4, -0.2) is 48.2 Å². The van der Waals surface area contributed by atoms with E-state index in [1.54, 1.807) is 0 Å². The number of furan rings is 2. The maximum Gasteiger partial charge on any atom is 0.166 e. The molecule has 0 aliphatic carbocycles. The number of aromatic nitrogens is 10. The highest BCUT2D eigenvalue weighted by atomic mass is 16.3. The average Bonchev–Trinajstić information content (AvgIpc) is 1.54. The first kappa shape index (κ1) is 82.7. The summed E-state index contributed by atoms with van der Waals surface area (Å²) in [5, 5.41) is 13.3. The lowest BCUT2D eigenvalue weighted by molar-refractivity contribution is 0.673. The molecule has 21 aromatic carbocycles. The van der Waals surface area contributed by atoms with Gasteiger partial charge in [0.2, 0.25) is 0 Å². The topological polar surface area (TPSA) is 123 Å². The molecule has 0 spiro atoms. The lowest BCUT2D eigenvalue weighted by Crippen LogP contribution is -2.03. The smallest absolute Gasteiger partial charge is 0.166 e. The van der Waals surface area contributed by atoms with E-state index in [1.807, 2.05) is 24.3 Å². The number of hydrogen-bond donors (Lipinski definition) is 0. The van der Waals surface area contributed by atoms with E-state index in [-0.39, 0.29) is 0 Å². The van der Waals surface area contributed by atoms with Gasteiger partial charge >= 0.3 is 0 Å². The fraction of sp³-hybridized carbons (Fsp3) is 0. The van der Waals surface area contributed by atoms with E-state index in [4.69, 9.17) is 38.7 Å². The van der Waals surface area contributed by atoms with Crippen LogP contribution in [0.25, 0.3) is 278 Å². The quantitative estimate of drug-likeness (QED) is 0.0994. The Morgan fingerprint density at radius 1 is 0.139 bits per heavy atom. The van der Waals surface area contributed by atoms with Crippen LogP contribution < -0.4 is 0 Å². The zero-order chi connectivity index (χ0) is 94.8. The Morgan fingerprint density at radius 3 is 0.778 bits per heavy atom. The van der Waals surface area contributed by atoms with Crippen molar-refractivity contribution in [2.24, 2.45) is 0 Å². The molecular formula is C132H82N10O2. The second-order valence-electron chi connectivity index (χ2n) is 36.6. The Bertz CT molecular complexity index is 9910. The molecule has 0 atom stereocenters. The number of fused-ring (bicyclic) bond motifs is 22. The van der Waals surface area contributed by atoms with Crippen LogP contribution in [0.15, 0.2) is 506 Å². The standard InChI is InChI=1S/C69H43N5O.C63H39N5O/c1-4-19-44(20-5-1)45-35-37-49(38-36-45)73-61-33-16-14-29-53(61)55-39-41-57-58-42-40-56-54-30-15-17-34-62(54)74(64(56)66(58)75-65(57)63(55)73)50-26-18-25-48(43-50)67-70-68(59-31-12-10-27-51(59)46-21-6-2-7-22-46)72-69(71-67)60-32-13-11-28-52(60)47-23-8-3-9-24-47;1-4-16-40(17-5-1)42-28-32-44(33-29-42)61-64-62(45-34-30-43(31-35-45)41-18-6-2-7-19-41)66-63(65-61)53-24-12-15-27-56(53)68-55-26-14-11-23-48(55)50-37-39-52-51-38-36-49-47-22-10-13-25-54(47)67(46-20-8-3-9-21-46)57(49)59(51)69-60(52)58(50)68/h1-43H;1-39H. The summed E-state index contributed by atoms with van der Waals surface area (Å²) in [7, 11) is 0. The summed E-state index contributed by atoms with van der Waals surface area (Å²) in [6.45, 7) is 0. The summed E-state index contributed by atoms with van der Waals surface area (Å²) in [5.74, 6) is 3.53. The summed E-state index contributed by atoms with van der Waals surface area (Å²) in [4.78, 5) is 31.9. The van der Waals surface area contributed by atoms with E-state index < -0.39 is 0 Å². The van der Waals surface area contributed by atoms with Gasteiger partial charge < -0.3 is 27.1 Å². The van der Waals surface area contributed by atoms with Crippen molar-refractivity contribution in [2.75, 3.05) is 0 Å². The first-order valence-electron chi connectivity index (χ1n) is 48.6. The highest BCUT2D eigenvalue weighted by Crippen LogP contribution is 2.50. The van der Waals surface area contributed by atoms with Crippen molar-refractivity contribution < 1.29 is 8.83 Å². The van der Waals surface area contributed by atoms with Gasteiger partial charge in [-0.3, -0.25) is 0 Å². The van der Waals surface area contributed by atoms with Crippen molar-refractivity contribution in [2.45, 2.75) is 0 Å². The fourth-order valence-corrected chi connectivity index (χ4v) is 21.8. The highest BCUT2D eigenvalue weighted by molar-refractivity contribution is 6.29. The molecule has 8 heterocycles. The molecule has 0 bridgehead atoms. The lowest BCUT2D eigenvalue weighted by atomic mass is 9.98. The zero-order valence-electron chi connectivity index (χ0n) is 77.6. The number of hydrogen-bond acceptors (Lipinski definition) is 8. The Kier molecular flexibility index (Phi) is 19.7. The molecule has 8 aromatic heterocycles. The van der Waals surface area contributed by atoms with Gasteiger partial charge in [0, 0.05) is 115 Å². The van der Waals surface area contributed by atoms with Crippen molar-refractivity contribution in [3.05, 3.63) is 497 Å². The van der Waals surface area contributed by atoms with Crippen LogP contribution >= 0.6 is 0 Å². The predicted octanol–water partition coefficient (Wildman–Crippen LogP) is 34.3. The van der Waals surface area contributed by atoms with Crippen LogP contribution in [-0.2, 0) is 0 Å². The molecule has 0 aliphatic rings. The first-order valence-corrected chi connectivity index (χ1v) is 48.6.